The van der Waals surface area contributed by atoms with Gasteiger partial charge in [0, 0.05) is 69.1 Å². The molecule has 0 N–H and O–H groups in total. The predicted octanol–water partition coefficient (Wildman–Crippen LogP) is 5.51. The number of benzene rings is 2. The van der Waals surface area contributed by atoms with Gasteiger partial charge in [-0.2, -0.15) is 0 Å². The number of rotatable bonds is 8. The molecule has 0 saturated carbocycles. The molecule has 2 saturated heterocycles. The number of para-hydroxylation sites is 1. The van der Waals surface area contributed by atoms with Crippen molar-refractivity contribution in [1.82, 2.24) is 24.8 Å². The van der Waals surface area contributed by atoms with Crippen molar-refractivity contribution >= 4 is 59.8 Å². The number of aryl methyl sites for hydroxylation is 2. The lowest BCUT2D eigenvalue weighted by molar-refractivity contribution is 0.312. The van der Waals surface area contributed by atoms with Crippen LogP contribution in [0.4, 0.5) is 11.6 Å². The number of methoxy groups -OCH3 is 2. The van der Waals surface area contributed by atoms with Crippen molar-refractivity contribution in [3.05, 3.63) is 60.2 Å². The maximum atomic E-state index is 5.56. The summed E-state index contributed by atoms with van der Waals surface area (Å²) in [5.41, 5.74) is 2.84. The molecule has 4 heterocycles. The Morgan fingerprint density at radius 1 is 0.674 bits per heavy atom. The van der Waals surface area contributed by atoms with Gasteiger partial charge in [-0.15, -0.1) is 37.2 Å². The topological polar surface area (TPSA) is 79.7 Å². The van der Waals surface area contributed by atoms with E-state index in [1.165, 1.54) is 12.8 Å². The molecule has 2 fully saturated rings. The third-order valence-electron chi connectivity index (χ3n) is 7.87. The highest BCUT2D eigenvalue weighted by Crippen LogP contribution is 2.33. The maximum Gasteiger partial charge on any atom is 0.161 e. The molecule has 2 aliphatic rings. The Kier molecular flexibility index (Phi) is 12.4. The highest BCUT2D eigenvalue weighted by atomic mass is 35.5. The van der Waals surface area contributed by atoms with Crippen LogP contribution in [0.25, 0.3) is 22.2 Å². The summed E-state index contributed by atoms with van der Waals surface area (Å²) in [6.07, 6.45) is 3.69. The summed E-state index contributed by atoms with van der Waals surface area (Å²) < 4.78 is 11.0. The molecule has 0 atom stereocenters. The Hall–Kier alpha value is -3.11. The summed E-state index contributed by atoms with van der Waals surface area (Å²) in [5.74, 6) is 5.02. The molecule has 0 aliphatic carbocycles. The SMILES string of the molecule is COc1ccc(-c2cc(N3CCCC3)nc(CCc3nc(N4CCN(C)CC4)c4ccccc4n3)n2)cc1OC.Cl.Cl.Cl. The van der Waals surface area contributed by atoms with Crippen molar-refractivity contribution in [2.24, 2.45) is 0 Å². The Balaban J connectivity index is 0.00000169. The molecule has 232 valence electrons. The second kappa shape index (κ2) is 15.6. The average molecular weight is 649 g/mol. The minimum atomic E-state index is 0. The Bertz CT molecular complexity index is 1500. The molecule has 2 aromatic heterocycles. The summed E-state index contributed by atoms with van der Waals surface area (Å²) in [5, 5.41) is 1.11. The standard InChI is InChI=1S/C31H37N7O2.3ClH/c1-36-16-18-38(19-17-36)31-23-8-4-5-9-24(23)32-29(35-31)13-12-28-33-25(21-30(34-28)37-14-6-7-15-37)22-10-11-26(39-2)27(20-22)40-3;;;/h4-5,8-11,20-21H,6-7,12-19H2,1-3H3;3*1H. The summed E-state index contributed by atoms with van der Waals surface area (Å²) in [6, 6.07) is 16.3. The van der Waals surface area contributed by atoms with Gasteiger partial charge in [0.25, 0.3) is 0 Å². The van der Waals surface area contributed by atoms with Crippen LogP contribution in [0.5, 0.6) is 11.5 Å². The van der Waals surface area contributed by atoms with Gasteiger partial charge in [0.05, 0.1) is 25.4 Å². The van der Waals surface area contributed by atoms with Gasteiger partial charge in [-0.25, -0.2) is 19.9 Å². The zero-order chi connectivity index (χ0) is 27.5. The number of piperazine rings is 1. The van der Waals surface area contributed by atoms with Crippen LogP contribution in [0.2, 0.25) is 0 Å². The smallest absolute Gasteiger partial charge is 0.161 e. The summed E-state index contributed by atoms with van der Waals surface area (Å²) in [6.45, 7) is 6.03. The van der Waals surface area contributed by atoms with E-state index in [-0.39, 0.29) is 37.2 Å². The number of nitrogens with zero attached hydrogens (tertiary/aromatic N) is 7. The number of likely N-dealkylation sites (N-methyl/N-ethyl adjacent to an activating group) is 1. The van der Waals surface area contributed by atoms with E-state index in [2.05, 4.69) is 46.0 Å². The summed E-state index contributed by atoms with van der Waals surface area (Å²) in [4.78, 5) is 27.1. The molecule has 0 unspecified atom stereocenters. The Morgan fingerprint density at radius 3 is 2.05 bits per heavy atom. The number of halogens is 3. The van der Waals surface area contributed by atoms with Gasteiger partial charge in [0.15, 0.2) is 11.5 Å². The van der Waals surface area contributed by atoms with Crippen molar-refractivity contribution < 1.29 is 9.47 Å². The van der Waals surface area contributed by atoms with Crippen molar-refractivity contribution in [3.63, 3.8) is 0 Å². The fourth-order valence-electron chi connectivity index (χ4n) is 5.55. The van der Waals surface area contributed by atoms with Crippen LogP contribution in [0, 0.1) is 0 Å². The lowest BCUT2D eigenvalue weighted by Crippen LogP contribution is -2.45. The molecule has 4 aromatic rings. The first-order chi connectivity index (χ1) is 19.6. The molecular weight excluding hydrogens is 609 g/mol. The highest BCUT2D eigenvalue weighted by Gasteiger charge is 2.20. The number of hydrogen-bond acceptors (Lipinski definition) is 9. The van der Waals surface area contributed by atoms with Crippen LogP contribution in [-0.4, -0.2) is 85.4 Å². The van der Waals surface area contributed by atoms with E-state index in [9.17, 15) is 0 Å². The quantitative estimate of drug-likeness (QED) is 0.246. The molecule has 0 bridgehead atoms. The molecular formula is C31H40Cl3N7O2. The first kappa shape index (κ1) is 34.4. The van der Waals surface area contributed by atoms with Gasteiger partial charge >= 0.3 is 0 Å². The van der Waals surface area contributed by atoms with E-state index < -0.39 is 0 Å². The van der Waals surface area contributed by atoms with Crippen molar-refractivity contribution in [1.29, 1.82) is 0 Å². The van der Waals surface area contributed by atoms with Crippen molar-refractivity contribution in [3.8, 4) is 22.8 Å². The number of anilines is 2. The first-order valence-corrected chi connectivity index (χ1v) is 14.2. The zero-order valence-electron chi connectivity index (χ0n) is 24.9. The van der Waals surface area contributed by atoms with Gasteiger partial charge in [-0.05, 0) is 50.2 Å². The van der Waals surface area contributed by atoms with Gasteiger partial charge in [-0.1, -0.05) is 12.1 Å². The third-order valence-corrected chi connectivity index (χ3v) is 7.87. The largest absolute Gasteiger partial charge is 0.493 e. The highest BCUT2D eigenvalue weighted by molar-refractivity contribution is 5.89. The number of hydrogen-bond donors (Lipinski definition) is 0. The molecule has 0 amide bonds. The van der Waals surface area contributed by atoms with Gasteiger partial charge in [0.1, 0.15) is 23.3 Å². The predicted molar refractivity (Wildman–Crippen MR) is 180 cm³/mol. The van der Waals surface area contributed by atoms with Gasteiger partial charge < -0.3 is 24.2 Å². The van der Waals surface area contributed by atoms with Crippen molar-refractivity contribution in [2.75, 3.05) is 70.3 Å². The van der Waals surface area contributed by atoms with Gasteiger partial charge in [-0.3, -0.25) is 0 Å². The second-order valence-electron chi connectivity index (χ2n) is 10.6. The first-order valence-electron chi connectivity index (χ1n) is 14.2. The Morgan fingerprint density at radius 2 is 1.35 bits per heavy atom. The van der Waals surface area contributed by atoms with Crippen LogP contribution in [-0.2, 0) is 12.8 Å². The van der Waals surface area contributed by atoms with E-state index in [0.29, 0.717) is 24.3 Å². The van der Waals surface area contributed by atoms with Crippen molar-refractivity contribution in [2.45, 2.75) is 25.7 Å². The maximum absolute atomic E-state index is 5.56. The molecule has 6 rings (SSSR count). The molecule has 12 heteroatoms. The second-order valence-corrected chi connectivity index (χ2v) is 10.6. The zero-order valence-corrected chi connectivity index (χ0v) is 27.3. The van der Waals surface area contributed by atoms with Crippen LogP contribution in [0.1, 0.15) is 24.5 Å². The lowest BCUT2D eigenvalue weighted by Gasteiger charge is -2.33. The summed E-state index contributed by atoms with van der Waals surface area (Å²) in [7, 11) is 5.48. The van der Waals surface area contributed by atoms with Gasteiger partial charge in [0.2, 0.25) is 0 Å². The fraction of sp³-hybridized carbons (Fsp3) is 0.419. The number of aromatic nitrogens is 4. The Labute approximate surface area is 272 Å². The van der Waals surface area contributed by atoms with Crippen LogP contribution >= 0.6 is 37.2 Å². The minimum Gasteiger partial charge on any atom is -0.493 e. The monoisotopic (exact) mass is 647 g/mol. The van der Waals surface area contributed by atoms with E-state index >= 15 is 0 Å². The molecule has 0 radical (unpaired) electrons. The molecule has 2 aromatic carbocycles. The van der Waals surface area contributed by atoms with E-state index in [4.69, 9.17) is 29.4 Å². The fourth-order valence-corrected chi connectivity index (χ4v) is 5.55. The van der Waals surface area contributed by atoms with E-state index in [0.717, 1.165) is 84.7 Å². The average Bonchev–Trinajstić information content (AvgIpc) is 3.55. The summed E-state index contributed by atoms with van der Waals surface area (Å²) >= 11 is 0. The van der Waals surface area contributed by atoms with E-state index in [1.807, 2.05) is 24.3 Å². The molecule has 9 nitrogen and oxygen atoms in total. The number of fused-ring (bicyclic) bond motifs is 1. The lowest BCUT2D eigenvalue weighted by atomic mass is 10.1. The minimum absolute atomic E-state index is 0. The van der Waals surface area contributed by atoms with Crippen LogP contribution < -0.4 is 19.3 Å². The van der Waals surface area contributed by atoms with Crippen LogP contribution in [0.3, 0.4) is 0 Å². The molecule has 43 heavy (non-hydrogen) atoms. The molecule has 2 aliphatic heterocycles. The van der Waals surface area contributed by atoms with E-state index in [1.54, 1.807) is 14.2 Å². The third kappa shape index (κ3) is 7.70. The van der Waals surface area contributed by atoms with Crippen LogP contribution in [0.15, 0.2) is 48.5 Å². The number of ether oxygens (including phenoxy) is 2. The molecule has 0 spiro atoms. The normalized spacial score (nSPS) is 15.0.